The molecule has 0 aliphatic heterocycles. The van der Waals surface area contributed by atoms with Gasteiger partial charge in [-0.05, 0) is 49.8 Å². The van der Waals surface area contributed by atoms with Gasteiger partial charge < -0.3 is 10.6 Å². The molecule has 112 valence electrons. The van der Waals surface area contributed by atoms with Crippen LogP contribution in [0.3, 0.4) is 0 Å². The van der Waals surface area contributed by atoms with E-state index in [2.05, 4.69) is 43.0 Å². The number of rotatable bonds is 6. The fraction of sp³-hybridized carbons (Fsp3) is 0.667. The number of nitrogens with two attached hydrogens (primary N) is 1. The van der Waals surface area contributed by atoms with Crippen LogP contribution in [0.1, 0.15) is 64.5 Å². The van der Waals surface area contributed by atoms with Gasteiger partial charge in [0.1, 0.15) is 0 Å². The van der Waals surface area contributed by atoms with Gasteiger partial charge in [-0.15, -0.1) is 0 Å². The van der Waals surface area contributed by atoms with Gasteiger partial charge in [-0.25, -0.2) is 0 Å². The second kappa shape index (κ2) is 7.12. The minimum atomic E-state index is 0.125. The Kier molecular flexibility index (Phi) is 5.47. The summed E-state index contributed by atoms with van der Waals surface area (Å²) in [5, 5.41) is 0. The number of benzene rings is 1. The van der Waals surface area contributed by atoms with Crippen LogP contribution in [0, 0.1) is 5.92 Å². The van der Waals surface area contributed by atoms with Crippen molar-refractivity contribution in [2.75, 3.05) is 11.4 Å². The summed E-state index contributed by atoms with van der Waals surface area (Å²) in [5.41, 5.74) is 8.55. The molecule has 2 rings (SSSR count). The predicted molar refractivity (Wildman–Crippen MR) is 88.1 cm³/mol. The Morgan fingerprint density at radius 3 is 2.20 bits per heavy atom. The first-order valence-corrected chi connectivity index (χ1v) is 8.20. The van der Waals surface area contributed by atoms with E-state index in [1.165, 1.54) is 49.9 Å². The highest BCUT2D eigenvalue weighted by Gasteiger charge is 2.22. The van der Waals surface area contributed by atoms with Crippen LogP contribution in [-0.4, -0.2) is 12.6 Å². The molecule has 1 aromatic rings. The molecule has 20 heavy (non-hydrogen) atoms. The molecule has 0 aromatic heterocycles. The van der Waals surface area contributed by atoms with Gasteiger partial charge in [0, 0.05) is 24.3 Å². The highest BCUT2D eigenvalue weighted by atomic mass is 15.2. The summed E-state index contributed by atoms with van der Waals surface area (Å²) in [6, 6.07) is 9.78. The van der Waals surface area contributed by atoms with E-state index in [-0.39, 0.29) is 6.04 Å². The smallest absolute Gasteiger partial charge is 0.0368 e. The molecule has 0 bridgehead atoms. The zero-order valence-electron chi connectivity index (χ0n) is 13.3. The van der Waals surface area contributed by atoms with Crippen molar-refractivity contribution in [2.45, 2.75) is 65.0 Å². The third-order valence-electron chi connectivity index (χ3n) is 4.46. The summed E-state index contributed by atoms with van der Waals surface area (Å²) in [5.74, 6) is 0.766. The maximum absolute atomic E-state index is 5.95. The fourth-order valence-electron chi connectivity index (χ4n) is 3.11. The van der Waals surface area contributed by atoms with E-state index in [9.17, 15) is 0 Å². The van der Waals surface area contributed by atoms with Gasteiger partial charge in [0.2, 0.25) is 0 Å². The molecule has 1 aliphatic rings. The van der Waals surface area contributed by atoms with Gasteiger partial charge in [-0.3, -0.25) is 0 Å². The van der Waals surface area contributed by atoms with Gasteiger partial charge in [-0.1, -0.05) is 38.8 Å². The standard InChI is InChI=1S/C18H30N2/c1-14(2)12-13-20(17-6-4-5-7-17)18-10-8-16(9-11-18)15(3)19/h8-11,14-15,17H,4-7,12-13,19H2,1-3H3/t15-/m0/s1. The van der Waals surface area contributed by atoms with Crippen LogP contribution in [0.5, 0.6) is 0 Å². The van der Waals surface area contributed by atoms with Crippen molar-refractivity contribution < 1.29 is 0 Å². The predicted octanol–water partition coefficient (Wildman–Crippen LogP) is 4.50. The number of anilines is 1. The summed E-state index contributed by atoms with van der Waals surface area (Å²) >= 11 is 0. The van der Waals surface area contributed by atoms with E-state index < -0.39 is 0 Å². The molecule has 2 heteroatoms. The monoisotopic (exact) mass is 274 g/mol. The van der Waals surface area contributed by atoms with E-state index >= 15 is 0 Å². The van der Waals surface area contributed by atoms with Gasteiger partial charge in [0.15, 0.2) is 0 Å². The molecular weight excluding hydrogens is 244 g/mol. The lowest BCUT2D eigenvalue weighted by Crippen LogP contribution is -2.34. The molecule has 2 nitrogen and oxygen atoms in total. The molecule has 0 spiro atoms. The Hall–Kier alpha value is -1.02. The average Bonchev–Trinajstić information content (AvgIpc) is 2.93. The minimum absolute atomic E-state index is 0.125. The van der Waals surface area contributed by atoms with Crippen LogP contribution in [0.2, 0.25) is 0 Å². The van der Waals surface area contributed by atoms with E-state index in [1.54, 1.807) is 0 Å². The number of hydrogen-bond acceptors (Lipinski definition) is 2. The first-order chi connectivity index (χ1) is 9.58. The van der Waals surface area contributed by atoms with Crippen LogP contribution in [0.25, 0.3) is 0 Å². The first kappa shape index (κ1) is 15.4. The fourth-order valence-corrected chi connectivity index (χ4v) is 3.11. The molecular formula is C18H30N2. The van der Waals surface area contributed by atoms with Crippen molar-refractivity contribution in [3.63, 3.8) is 0 Å². The van der Waals surface area contributed by atoms with Crippen molar-refractivity contribution in [1.29, 1.82) is 0 Å². The molecule has 0 heterocycles. The molecule has 1 aromatic carbocycles. The highest BCUT2D eigenvalue weighted by Crippen LogP contribution is 2.29. The number of hydrogen-bond donors (Lipinski definition) is 1. The largest absolute Gasteiger partial charge is 0.369 e. The Labute approximate surface area is 124 Å². The van der Waals surface area contributed by atoms with Gasteiger partial charge in [-0.2, -0.15) is 0 Å². The summed E-state index contributed by atoms with van der Waals surface area (Å²) in [7, 11) is 0. The molecule has 0 radical (unpaired) electrons. The molecule has 0 amide bonds. The lowest BCUT2D eigenvalue weighted by molar-refractivity contribution is 0.528. The van der Waals surface area contributed by atoms with Crippen LogP contribution in [0.4, 0.5) is 5.69 Å². The topological polar surface area (TPSA) is 29.3 Å². The Bertz CT molecular complexity index is 388. The second-order valence-electron chi connectivity index (χ2n) is 6.69. The molecule has 1 fully saturated rings. The maximum atomic E-state index is 5.95. The van der Waals surface area contributed by atoms with Crippen LogP contribution in [-0.2, 0) is 0 Å². The van der Waals surface area contributed by atoms with Gasteiger partial charge in [0.25, 0.3) is 0 Å². The van der Waals surface area contributed by atoms with Gasteiger partial charge in [0.05, 0.1) is 0 Å². The molecule has 1 saturated carbocycles. The quantitative estimate of drug-likeness (QED) is 0.827. The third kappa shape index (κ3) is 3.99. The van der Waals surface area contributed by atoms with Crippen molar-refractivity contribution in [2.24, 2.45) is 11.7 Å². The SMILES string of the molecule is CC(C)CCN(c1ccc([C@H](C)N)cc1)C1CCCC1. The summed E-state index contributed by atoms with van der Waals surface area (Å²) in [4.78, 5) is 2.64. The highest BCUT2D eigenvalue weighted by molar-refractivity contribution is 5.49. The third-order valence-corrected chi connectivity index (χ3v) is 4.46. The van der Waals surface area contributed by atoms with Crippen molar-refractivity contribution >= 4 is 5.69 Å². The molecule has 1 atom stereocenters. The average molecular weight is 274 g/mol. The summed E-state index contributed by atoms with van der Waals surface area (Å²) in [6.45, 7) is 7.85. The zero-order valence-corrected chi connectivity index (χ0v) is 13.3. The van der Waals surface area contributed by atoms with Crippen LogP contribution >= 0.6 is 0 Å². The second-order valence-corrected chi connectivity index (χ2v) is 6.69. The first-order valence-electron chi connectivity index (χ1n) is 8.20. The van der Waals surface area contributed by atoms with Crippen molar-refractivity contribution in [1.82, 2.24) is 0 Å². The van der Waals surface area contributed by atoms with Crippen LogP contribution in [0.15, 0.2) is 24.3 Å². The van der Waals surface area contributed by atoms with E-state index in [0.717, 1.165) is 12.0 Å². The number of nitrogens with zero attached hydrogens (tertiary/aromatic N) is 1. The van der Waals surface area contributed by atoms with Crippen LogP contribution < -0.4 is 10.6 Å². The Morgan fingerprint density at radius 1 is 1.10 bits per heavy atom. The summed E-state index contributed by atoms with van der Waals surface area (Å²) < 4.78 is 0. The normalized spacial score (nSPS) is 17.6. The van der Waals surface area contributed by atoms with Crippen molar-refractivity contribution in [3.05, 3.63) is 29.8 Å². The Morgan fingerprint density at radius 2 is 1.70 bits per heavy atom. The van der Waals surface area contributed by atoms with E-state index in [0.29, 0.717) is 0 Å². The maximum Gasteiger partial charge on any atom is 0.0368 e. The van der Waals surface area contributed by atoms with E-state index in [4.69, 9.17) is 5.73 Å². The zero-order chi connectivity index (χ0) is 14.5. The Balaban J connectivity index is 2.11. The molecule has 0 saturated heterocycles. The van der Waals surface area contributed by atoms with E-state index in [1.807, 2.05) is 6.92 Å². The summed E-state index contributed by atoms with van der Waals surface area (Å²) in [6.07, 6.45) is 6.76. The molecule has 1 aliphatic carbocycles. The lowest BCUT2D eigenvalue weighted by Gasteiger charge is -2.32. The minimum Gasteiger partial charge on any atom is -0.369 e. The van der Waals surface area contributed by atoms with Gasteiger partial charge >= 0.3 is 0 Å². The molecule has 2 N–H and O–H groups in total. The molecule has 0 unspecified atom stereocenters. The van der Waals surface area contributed by atoms with Crippen molar-refractivity contribution in [3.8, 4) is 0 Å². The lowest BCUT2D eigenvalue weighted by atomic mass is 10.1.